The lowest BCUT2D eigenvalue weighted by Gasteiger charge is -2.40. The molecule has 0 aliphatic carbocycles. The zero-order valence-corrected chi connectivity index (χ0v) is 11.7. The fourth-order valence-corrected chi connectivity index (χ4v) is 2.85. The average molecular weight is 257 g/mol. The maximum absolute atomic E-state index is 4.11. The van der Waals surface area contributed by atoms with Crippen molar-refractivity contribution < 1.29 is 0 Å². The molecule has 102 valence electrons. The third kappa shape index (κ3) is 3.44. The normalized spacial score (nSPS) is 23.9. The van der Waals surface area contributed by atoms with Crippen molar-refractivity contribution >= 4 is 0 Å². The summed E-state index contributed by atoms with van der Waals surface area (Å²) in [7, 11) is 0. The molecule has 0 fully saturated rings. The van der Waals surface area contributed by atoms with Gasteiger partial charge in [0.1, 0.15) is 0 Å². The van der Waals surface area contributed by atoms with Crippen LogP contribution in [-0.2, 0) is 6.54 Å². The molecule has 1 aliphatic heterocycles. The van der Waals surface area contributed by atoms with Crippen LogP contribution in [-0.4, -0.2) is 27.0 Å². The zero-order valence-electron chi connectivity index (χ0n) is 11.7. The predicted octanol–water partition coefficient (Wildman–Crippen LogP) is 3.45. The number of aromatic nitrogens is 2. The van der Waals surface area contributed by atoms with Gasteiger partial charge in [0, 0.05) is 30.5 Å². The Labute approximate surface area is 115 Å². The molecule has 1 aromatic heterocycles. The average Bonchev–Trinajstić information content (AvgIpc) is 2.87. The van der Waals surface area contributed by atoms with Crippen molar-refractivity contribution in [2.75, 3.05) is 0 Å². The fourth-order valence-electron chi connectivity index (χ4n) is 2.85. The van der Waals surface area contributed by atoms with E-state index in [9.17, 15) is 0 Å². The van der Waals surface area contributed by atoms with Crippen LogP contribution in [0.1, 0.15) is 31.9 Å². The maximum Gasteiger partial charge on any atom is 0.0922 e. The maximum atomic E-state index is 4.11. The highest BCUT2D eigenvalue weighted by Gasteiger charge is 2.28. The largest absolute Gasteiger partial charge is 0.347 e. The summed E-state index contributed by atoms with van der Waals surface area (Å²) in [6.45, 7) is 10.9. The van der Waals surface area contributed by atoms with Gasteiger partial charge < -0.3 is 4.98 Å². The lowest BCUT2D eigenvalue weighted by molar-refractivity contribution is 0.136. The Morgan fingerprint density at radius 1 is 1.42 bits per heavy atom. The molecular weight excluding hydrogens is 234 g/mol. The Hall–Kier alpha value is -1.61. The second-order valence-corrected chi connectivity index (χ2v) is 5.24. The van der Waals surface area contributed by atoms with E-state index in [-0.39, 0.29) is 0 Å². The number of hydrogen-bond acceptors (Lipinski definition) is 2. The molecule has 1 N–H and O–H groups in total. The van der Waals surface area contributed by atoms with Gasteiger partial charge in [-0.1, -0.05) is 23.8 Å². The molecule has 2 atom stereocenters. The van der Waals surface area contributed by atoms with Crippen LogP contribution in [0.5, 0.6) is 0 Å². The summed E-state index contributed by atoms with van der Waals surface area (Å²) in [6, 6.07) is 0.954. The summed E-state index contributed by atoms with van der Waals surface area (Å²) in [5.41, 5.74) is 2.63. The molecule has 0 saturated carbocycles. The molecule has 1 aromatic rings. The molecule has 3 heteroatoms. The summed E-state index contributed by atoms with van der Waals surface area (Å²) in [4.78, 5) is 9.83. The lowest BCUT2D eigenvalue weighted by Crippen LogP contribution is -2.44. The van der Waals surface area contributed by atoms with Crippen molar-refractivity contribution in [1.29, 1.82) is 0 Å². The minimum absolute atomic E-state index is 0.430. The van der Waals surface area contributed by atoms with Gasteiger partial charge in [-0.05, 0) is 26.2 Å². The van der Waals surface area contributed by atoms with E-state index in [0.29, 0.717) is 12.1 Å². The van der Waals surface area contributed by atoms with Gasteiger partial charge in [-0.25, -0.2) is 4.98 Å². The van der Waals surface area contributed by atoms with Crippen LogP contribution in [0.2, 0.25) is 0 Å². The van der Waals surface area contributed by atoms with E-state index < -0.39 is 0 Å². The van der Waals surface area contributed by atoms with E-state index in [0.717, 1.165) is 31.5 Å². The molecule has 2 heterocycles. The second kappa shape index (κ2) is 6.53. The van der Waals surface area contributed by atoms with Crippen molar-refractivity contribution in [2.45, 2.75) is 44.8 Å². The molecule has 3 nitrogen and oxygen atoms in total. The summed E-state index contributed by atoms with van der Waals surface area (Å²) in [5, 5.41) is 0. The second-order valence-electron chi connectivity index (χ2n) is 5.24. The first kappa shape index (κ1) is 13.8. The molecule has 2 rings (SSSR count). The number of aromatic amines is 1. The van der Waals surface area contributed by atoms with E-state index in [1.165, 1.54) is 5.57 Å². The molecule has 0 unspecified atom stereocenters. The van der Waals surface area contributed by atoms with E-state index in [4.69, 9.17) is 0 Å². The lowest BCUT2D eigenvalue weighted by atomic mass is 9.92. The fraction of sp³-hybridized carbons (Fsp3) is 0.438. The molecule has 0 radical (unpaired) electrons. The van der Waals surface area contributed by atoms with Crippen LogP contribution in [0, 0.1) is 0 Å². The third-order valence-electron chi connectivity index (χ3n) is 3.68. The topological polar surface area (TPSA) is 31.9 Å². The van der Waals surface area contributed by atoms with Crippen LogP contribution in [0.25, 0.3) is 0 Å². The zero-order chi connectivity index (χ0) is 13.7. The van der Waals surface area contributed by atoms with Gasteiger partial charge in [-0.15, -0.1) is 13.2 Å². The van der Waals surface area contributed by atoms with Gasteiger partial charge in [0.2, 0.25) is 0 Å². The highest BCUT2D eigenvalue weighted by Crippen LogP contribution is 2.28. The van der Waals surface area contributed by atoms with Crippen LogP contribution in [0.3, 0.4) is 0 Å². The van der Waals surface area contributed by atoms with Crippen LogP contribution in [0.15, 0.2) is 49.5 Å². The summed E-state index contributed by atoms with van der Waals surface area (Å²) in [6.07, 6.45) is 13.2. The van der Waals surface area contributed by atoms with Gasteiger partial charge in [-0.2, -0.15) is 0 Å². The van der Waals surface area contributed by atoms with Gasteiger partial charge in [0.05, 0.1) is 6.33 Å². The van der Waals surface area contributed by atoms with E-state index in [1.807, 2.05) is 18.3 Å². The van der Waals surface area contributed by atoms with E-state index in [2.05, 4.69) is 41.0 Å². The minimum atomic E-state index is 0.430. The van der Waals surface area contributed by atoms with Crippen LogP contribution >= 0.6 is 0 Å². The van der Waals surface area contributed by atoms with Crippen molar-refractivity contribution in [3.05, 3.63) is 55.2 Å². The quantitative estimate of drug-likeness (QED) is 0.792. The first-order chi connectivity index (χ1) is 9.24. The summed E-state index contributed by atoms with van der Waals surface area (Å²) < 4.78 is 0. The Bertz CT molecular complexity index is 445. The molecule has 0 spiro atoms. The van der Waals surface area contributed by atoms with Crippen molar-refractivity contribution in [3.8, 4) is 0 Å². The molecule has 0 amide bonds. The SMILES string of the molecule is C=CC[C@H]1CC(C)=C[C@H](CC=C)N1Cc1cnc[nH]1. The highest BCUT2D eigenvalue weighted by molar-refractivity contribution is 5.15. The summed E-state index contributed by atoms with van der Waals surface area (Å²) >= 11 is 0. The Morgan fingerprint density at radius 3 is 2.84 bits per heavy atom. The molecular formula is C16H23N3. The number of imidazole rings is 1. The minimum Gasteiger partial charge on any atom is -0.347 e. The Kier molecular flexibility index (Phi) is 4.74. The van der Waals surface area contributed by atoms with E-state index >= 15 is 0 Å². The number of H-pyrrole nitrogens is 1. The molecule has 0 saturated heterocycles. The smallest absolute Gasteiger partial charge is 0.0922 e. The summed E-state index contributed by atoms with van der Waals surface area (Å²) in [5.74, 6) is 0. The third-order valence-corrected chi connectivity index (χ3v) is 3.68. The van der Waals surface area contributed by atoms with Gasteiger partial charge in [-0.3, -0.25) is 4.90 Å². The van der Waals surface area contributed by atoms with Crippen LogP contribution in [0.4, 0.5) is 0 Å². The Morgan fingerprint density at radius 2 is 2.21 bits per heavy atom. The molecule has 0 bridgehead atoms. The van der Waals surface area contributed by atoms with Crippen LogP contribution < -0.4 is 0 Å². The first-order valence-electron chi connectivity index (χ1n) is 6.86. The number of nitrogens with zero attached hydrogens (tertiary/aromatic N) is 2. The highest BCUT2D eigenvalue weighted by atomic mass is 15.2. The standard InChI is InChI=1S/C16H23N3/c1-4-6-15-8-13(3)9-16(7-5-2)19(15)11-14-10-17-12-18-14/h4-5,8,10,12,15-16H,1-2,6-7,9,11H2,3H3,(H,17,18)/t15-,16-/m0/s1. The van der Waals surface area contributed by atoms with Crippen molar-refractivity contribution in [3.63, 3.8) is 0 Å². The van der Waals surface area contributed by atoms with Crippen molar-refractivity contribution in [2.24, 2.45) is 0 Å². The molecule has 0 aromatic carbocycles. The van der Waals surface area contributed by atoms with E-state index in [1.54, 1.807) is 6.33 Å². The first-order valence-corrected chi connectivity index (χ1v) is 6.86. The van der Waals surface area contributed by atoms with Gasteiger partial charge in [0.15, 0.2) is 0 Å². The van der Waals surface area contributed by atoms with Gasteiger partial charge in [0.25, 0.3) is 0 Å². The van der Waals surface area contributed by atoms with Crippen molar-refractivity contribution in [1.82, 2.24) is 14.9 Å². The Balaban J connectivity index is 2.19. The number of hydrogen-bond donors (Lipinski definition) is 1. The molecule has 19 heavy (non-hydrogen) atoms. The molecule has 1 aliphatic rings. The number of nitrogens with one attached hydrogen (secondary N) is 1. The predicted molar refractivity (Wildman–Crippen MR) is 79.7 cm³/mol. The monoisotopic (exact) mass is 257 g/mol. The van der Waals surface area contributed by atoms with Gasteiger partial charge >= 0.3 is 0 Å². The number of rotatable bonds is 6.